The molecule has 1 aliphatic rings. The fourth-order valence-electron chi connectivity index (χ4n) is 4.88. The van der Waals surface area contributed by atoms with Gasteiger partial charge >= 0.3 is 0 Å². The fourth-order valence-corrected chi connectivity index (χ4v) is 4.88. The summed E-state index contributed by atoms with van der Waals surface area (Å²) in [5.41, 5.74) is 4.10. The molecule has 1 fully saturated rings. The van der Waals surface area contributed by atoms with Crippen LogP contribution < -0.4 is 10.1 Å². The number of aromatic amines is 1. The highest BCUT2D eigenvalue weighted by molar-refractivity contribution is 5.97. The number of fused-ring (bicyclic) bond motifs is 1. The number of aliphatic hydroxyl groups is 1. The van der Waals surface area contributed by atoms with E-state index in [0.29, 0.717) is 46.3 Å². The van der Waals surface area contributed by atoms with Gasteiger partial charge in [-0.25, -0.2) is 9.97 Å². The summed E-state index contributed by atoms with van der Waals surface area (Å²) in [5, 5.41) is 23.0. The van der Waals surface area contributed by atoms with E-state index < -0.39 is 0 Å². The molecule has 9 nitrogen and oxygen atoms in total. The number of carbonyl (C=O) groups is 1. The topological polar surface area (TPSA) is 124 Å². The molecule has 4 N–H and O–H groups in total. The van der Waals surface area contributed by atoms with E-state index in [1.165, 1.54) is 0 Å². The summed E-state index contributed by atoms with van der Waals surface area (Å²) in [5.74, 6) is 1.26. The average molecular weight is 502 g/mol. The molecular formula is C28H31N5O4. The van der Waals surface area contributed by atoms with E-state index in [1.54, 1.807) is 43.6 Å². The number of pyridine rings is 1. The molecule has 3 heterocycles. The van der Waals surface area contributed by atoms with Gasteiger partial charge in [-0.05, 0) is 73.3 Å². The molecule has 0 radical (unpaired) electrons. The lowest BCUT2D eigenvalue weighted by atomic mass is 9.99. The molecule has 2 aromatic heterocycles. The number of hydrogen-bond donors (Lipinski definition) is 4. The quantitative estimate of drug-likeness (QED) is 0.292. The number of phenolic OH excluding ortho intramolecular Hbond substituents is 1. The number of benzene rings is 2. The van der Waals surface area contributed by atoms with Crippen LogP contribution in [0.1, 0.15) is 23.2 Å². The number of phenols is 1. The lowest BCUT2D eigenvalue weighted by molar-refractivity contribution is 0.0931. The molecule has 5 rings (SSSR count). The maximum absolute atomic E-state index is 12.8. The van der Waals surface area contributed by atoms with Gasteiger partial charge in [0.2, 0.25) is 5.88 Å². The van der Waals surface area contributed by atoms with E-state index in [9.17, 15) is 15.0 Å². The van der Waals surface area contributed by atoms with E-state index in [1.807, 2.05) is 18.2 Å². The maximum atomic E-state index is 12.8. The number of ether oxygens (including phenoxy) is 1. The SMILES string of the molecule is COc1ncccc1-c1ccc(O)c(-c2nc3ccc(C(=O)NCCN4CCCC(CO)C4)cc3[nH]2)c1. The number of rotatable bonds is 8. The van der Waals surface area contributed by atoms with E-state index in [2.05, 4.69) is 25.2 Å². The zero-order chi connectivity index (χ0) is 25.8. The number of amides is 1. The Labute approximate surface area is 215 Å². The minimum Gasteiger partial charge on any atom is -0.507 e. The van der Waals surface area contributed by atoms with Crippen LogP contribution in [0.15, 0.2) is 54.7 Å². The number of imidazole rings is 1. The zero-order valence-corrected chi connectivity index (χ0v) is 20.8. The molecule has 2 aromatic carbocycles. The Hall–Kier alpha value is -3.95. The van der Waals surface area contributed by atoms with Gasteiger partial charge < -0.3 is 30.2 Å². The highest BCUT2D eigenvalue weighted by Gasteiger charge is 2.19. The molecule has 1 atom stereocenters. The maximum Gasteiger partial charge on any atom is 0.251 e. The van der Waals surface area contributed by atoms with Gasteiger partial charge in [-0.15, -0.1) is 0 Å². The first kappa shape index (κ1) is 24.7. The second kappa shape index (κ2) is 11.0. The van der Waals surface area contributed by atoms with Crippen molar-refractivity contribution >= 4 is 16.9 Å². The number of aliphatic hydroxyl groups excluding tert-OH is 1. The number of H-pyrrole nitrogens is 1. The van der Waals surface area contributed by atoms with Crippen molar-refractivity contribution < 1.29 is 19.7 Å². The lowest BCUT2D eigenvalue weighted by Crippen LogP contribution is -2.41. The van der Waals surface area contributed by atoms with Crippen molar-refractivity contribution in [1.29, 1.82) is 0 Å². The number of methoxy groups -OCH3 is 1. The van der Waals surface area contributed by atoms with Crippen molar-refractivity contribution in [3.8, 4) is 34.1 Å². The monoisotopic (exact) mass is 501 g/mol. The highest BCUT2D eigenvalue weighted by atomic mass is 16.5. The van der Waals surface area contributed by atoms with Crippen molar-refractivity contribution in [2.75, 3.05) is 39.9 Å². The van der Waals surface area contributed by atoms with Crippen molar-refractivity contribution in [2.24, 2.45) is 5.92 Å². The van der Waals surface area contributed by atoms with Crippen LogP contribution in [0.2, 0.25) is 0 Å². The predicted octanol–water partition coefficient (Wildman–Crippen LogP) is 3.44. The summed E-state index contributed by atoms with van der Waals surface area (Å²) in [6.07, 6.45) is 3.80. The Morgan fingerprint density at radius 2 is 2.11 bits per heavy atom. The van der Waals surface area contributed by atoms with Crippen LogP contribution in [-0.4, -0.2) is 75.9 Å². The van der Waals surface area contributed by atoms with Crippen LogP contribution in [0.3, 0.4) is 0 Å². The molecule has 192 valence electrons. The van der Waals surface area contributed by atoms with Gasteiger partial charge in [0.1, 0.15) is 11.6 Å². The molecule has 0 bridgehead atoms. The van der Waals surface area contributed by atoms with Gasteiger partial charge in [0, 0.05) is 43.6 Å². The summed E-state index contributed by atoms with van der Waals surface area (Å²) in [6, 6.07) is 14.3. The first-order chi connectivity index (χ1) is 18.1. The van der Waals surface area contributed by atoms with Crippen molar-refractivity contribution in [3.63, 3.8) is 0 Å². The number of hydrogen-bond acceptors (Lipinski definition) is 7. The van der Waals surface area contributed by atoms with Gasteiger partial charge in [0.15, 0.2) is 0 Å². The molecule has 9 heteroatoms. The summed E-state index contributed by atoms with van der Waals surface area (Å²) in [7, 11) is 1.57. The Bertz CT molecular complexity index is 1400. The molecular weight excluding hydrogens is 470 g/mol. The van der Waals surface area contributed by atoms with E-state index in [0.717, 1.165) is 43.6 Å². The Kier molecular flexibility index (Phi) is 7.34. The van der Waals surface area contributed by atoms with Crippen LogP contribution in [0.5, 0.6) is 11.6 Å². The average Bonchev–Trinajstić information content (AvgIpc) is 3.36. The van der Waals surface area contributed by atoms with Crippen LogP contribution in [0.25, 0.3) is 33.5 Å². The summed E-state index contributed by atoms with van der Waals surface area (Å²) < 4.78 is 5.38. The van der Waals surface area contributed by atoms with Crippen LogP contribution in [0.4, 0.5) is 0 Å². The van der Waals surface area contributed by atoms with Gasteiger partial charge in [-0.3, -0.25) is 4.79 Å². The van der Waals surface area contributed by atoms with E-state index in [-0.39, 0.29) is 18.3 Å². The van der Waals surface area contributed by atoms with Crippen LogP contribution in [0, 0.1) is 5.92 Å². The van der Waals surface area contributed by atoms with Crippen LogP contribution >= 0.6 is 0 Å². The molecule has 1 saturated heterocycles. The molecule has 1 unspecified atom stereocenters. The Morgan fingerprint density at radius 1 is 1.22 bits per heavy atom. The number of aromatic nitrogens is 3. The Balaban J connectivity index is 1.32. The van der Waals surface area contributed by atoms with Crippen molar-refractivity contribution in [2.45, 2.75) is 12.8 Å². The summed E-state index contributed by atoms with van der Waals surface area (Å²) in [4.78, 5) is 27.2. The second-order valence-corrected chi connectivity index (χ2v) is 9.36. The standard InChI is InChI=1S/C28H31N5O4/c1-37-28-21(5-2-10-30-28)19-7-9-25(35)22(14-19)26-31-23-8-6-20(15-24(23)32-26)27(36)29-11-13-33-12-3-4-18(16-33)17-34/h2,5-10,14-15,18,34-35H,3-4,11-13,16-17H2,1H3,(H,29,36)(H,31,32). The number of piperidine rings is 1. The molecule has 0 saturated carbocycles. The number of aromatic hydroxyl groups is 1. The van der Waals surface area contributed by atoms with Crippen molar-refractivity contribution in [1.82, 2.24) is 25.2 Å². The Morgan fingerprint density at radius 3 is 2.95 bits per heavy atom. The molecule has 4 aromatic rings. The van der Waals surface area contributed by atoms with Gasteiger partial charge in [-0.1, -0.05) is 6.07 Å². The second-order valence-electron chi connectivity index (χ2n) is 9.36. The van der Waals surface area contributed by atoms with E-state index >= 15 is 0 Å². The predicted molar refractivity (Wildman–Crippen MR) is 142 cm³/mol. The largest absolute Gasteiger partial charge is 0.507 e. The molecule has 1 amide bonds. The highest BCUT2D eigenvalue weighted by Crippen LogP contribution is 2.35. The third-order valence-electron chi connectivity index (χ3n) is 6.85. The fraction of sp³-hybridized carbons (Fsp3) is 0.321. The molecule has 1 aliphatic heterocycles. The number of nitrogens with zero attached hydrogens (tertiary/aromatic N) is 3. The zero-order valence-electron chi connectivity index (χ0n) is 20.8. The first-order valence-corrected chi connectivity index (χ1v) is 12.5. The third kappa shape index (κ3) is 5.42. The number of carbonyl (C=O) groups excluding carboxylic acids is 1. The number of likely N-dealkylation sites (tertiary alicyclic amines) is 1. The van der Waals surface area contributed by atoms with Crippen molar-refractivity contribution in [3.05, 3.63) is 60.3 Å². The van der Waals surface area contributed by atoms with Gasteiger partial charge in [-0.2, -0.15) is 0 Å². The minimum atomic E-state index is -0.151. The normalized spacial score (nSPS) is 16.1. The summed E-state index contributed by atoms with van der Waals surface area (Å²) >= 11 is 0. The molecule has 37 heavy (non-hydrogen) atoms. The lowest BCUT2D eigenvalue weighted by Gasteiger charge is -2.31. The summed E-state index contributed by atoms with van der Waals surface area (Å²) in [6.45, 7) is 3.39. The minimum absolute atomic E-state index is 0.0878. The molecule has 0 aliphatic carbocycles. The van der Waals surface area contributed by atoms with Gasteiger partial charge in [0.05, 0.1) is 23.7 Å². The first-order valence-electron chi connectivity index (χ1n) is 12.5. The number of nitrogens with one attached hydrogen (secondary N) is 2. The van der Waals surface area contributed by atoms with Crippen LogP contribution in [-0.2, 0) is 0 Å². The smallest absolute Gasteiger partial charge is 0.251 e. The molecule has 0 spiro atoms. The van der Waals surface area contributed by atoms with E-state index in [4.69, 9.17) is 4.74 Å². The third-order valence-corrected chi connectivity index (χ3v) is 6.85. The van der Waals surface area contributed by atoms with Gasteiger partial charge in [0.25, 0.3) is 5.91 Å².